The first-order chi connectivity index (χ1) is 8.74. The second kappa shape index (κ2) is 5.31. The highest BCUT2D eigenvalue weighted by atomic mass is 16.5. The number of nitrogens with one attached hydrogen (secondary N) is 1. The fraction of sp³-hybridized carbons (Fsp3) is 0.250. The van der Waals surface area contributed by atoms with Crippen molar-refractivity contribution >= 4 is 12.2 Å². The molecule has 0 saturated heterocycles. The smallest absolute Gasteiger partial charge is 0.293 e. The van der Waals surface area contributed by atoms with Crippen molar-refractivity contribution in [2.75, 3.05) is 7.11 Å². The van der Waals surface area contributed by atoms with E-state index in [1.165, 1.54) is 13.3 Å². The lowest BCUT2D eigenvalue weighted by Gasteiger charge is -1.99. The van der Waals surface area contributed by atoms with Gasteiger partial charge in [0, 0.05) is 12.7 Å². The van der Waals surface area contributed by atoms with Crippen molar-refractivity contribution in [3.8, 4) is 5.75 Å². The molecule has 2 heterocycles. The minimum atomic E-state index is -0.295. The molecule has 0 aromatic carbocycles. The fourth-order valence-electron chi connectivity index (χ4n) is 1.54. The SMILES string of the molecule is CCn1nccc1C=Cc1ncc(OC)c(=O)[nH]1. The first-order valence-corrected chi connectivity index (χ1v) is 5.57. The lowest BCUT2D eigenvalue weighted by molar-refractivity contribution is 0.406. The van der Waals surface area contributed by atoms with Gasteiger partial charge in [0.25, 0.3) is 5.56 Å². The average Bonchev–Trinajstić information content (AvgIpc) is 2.84. The van der Waals surface area contributed by atoms with Gasteiger partial charge in [0.2, 0.25) is 5.75 Å². The molecule has 2 rings (SSSR count). The molecule has 6 nitrogen and oxygen atoms in total. The van der Waals surface area contributed by atoms with Gasteiger partial charge in [-0.1, -0.05) is 0 Å². The van der Waals surface area contributed by atoms with Crippen molar-refractivity contribution in [3.05, 3.63) is 40.3 Å². The molecule has 0 spiro atoms. The Bertz CT molecular complexity index is 613. The highest BCUT2D eigenvalue weighted by Crippen LogP contribution is 2.05. The summed E-state index contributed by atoms with van der Waals surface area (Å²) in [4.78, 5) is 18.2. The molecule has 0 unspecified atom stereocenters. The molecule has 0 fully saturated rings. The standard InChI is InChI=1S/C12H14N4O2/c1-3-16-9(6-7-14-16)4-5-11-13-8-10(18-2)12(17)15-11/h4-8H,3H2,1-2H3,(H,13,15,17). The molecule has 1 N–H and O–H groups in total. The van der Waals surface area contributed by atoms with Crippen molar-refractivity contribution in [2.24, 2.45) is 0 Å². The molecule has 0 radical (unpaired) electrons. The van der Waals surface area contributed by atoms with E-state index in [0.29, 0.717) is 5.82 Å². The number of nitrogens with zero attached hydrogens (tertiary/aromatic N) is 3. The maximum absolute atomic E-state index is 11.5. The van der Waals surface area contributed by atoms with Gasteiger partial charge in [-0.05, 0) is 25.1 Å². The van der Waals surface area contributed by atoms with Gasteiger partial charge in [0.05, 0.1) is 19.0 Å². The molecule has 2 aromatic heterocycles. The van der Waals surface area contributed by atoms with E-state index >= 15 is 0 Å². The van der Waals surface area contributed by atoms with E-state index < -0.39 is 0 Å². The Hall–Kier alpha value is -2.37. The average molecular weight is 246 g/mol. The van der Waals surface area contributed by atoms with Gasteiger partial charge >= 0.3 is 0 Å². The number of methoxy groups -OCH3 is 1. The van der Waals surface area contributed by atoms with Crippen LogP contribution in [0.5, 0.6) is 5.75 Å². The molecule has 0 aliphatic rings. The summed E-state index contributed by atoms with van der Waals surface area (Å²) >= 11 is 0. The summed E-state index contributed by atoms with van der Waals surface area (Å²) in [5, 5.41) is 4.14. The van der Waals surface area contributed by atoms with Gasteiger partial charge in [0.15, 0.2) is 0 Å². The largest absolute Gasteiger partial charge is 0.490 e. The second-order valence-electron chi connectivity index (χ2n) is 3.57. The van der Waals surface area contributed by atoms with Crippen molar-refractivity contribution in [2.45, 2.75) is 13.5 Å². The Morgan fingerprint density at radius 3 is 3.00 bits per heavy atom. The van der Waals surface area contributed by atoms with Gasteiger partial charge in [-0.15, -0.1) is 0 Å². The van der Waals surface area contributed by atoms with Crippen molar-refractivity contribution in [3.63, 3.8) is 0 Å². The summed E-state index contributed by atoms with van der Waals surface area (Å²) in [6.45, 7) is 2.80. The van der Waals surface area contributed by atoms with Crippen LogP contribution in [-0.4, -0.2) is 26.9 Å². The molecule has 6 heteroatoms. The van der Waals surface area contributed by atoms with Crippen molar-refractivity contribution in [1.82, 2.24) is 19.7 Å². The quantitative estimate of drug-likeness (QED) is 0.878. The maximum Gasteiger partial charge on any atom is 0.293 e. The van der Waals surface area contributed by atoms with Gasteiger partial charge in [-0.2, -0.15) is 5.10 Å². The van der Waals surface area contributed by atoms with Crippen molar-refractivity contribution < 1.29 is 4.74 Å². The third-order valence-corrected chi connectivity index (χ3v) is 2.47. The number of aryl methyl sites for hydroxylation is 1. The minimum absolute atomic E-state index is 0.200. The van der Waals surface area contributed by atoms with E-state index in [2.05, 4.69) is 15.1 Å². The lowest BCUT2D eigenvalue weighted by Crippen LogP contribution is -2.11. The van der Waals surface area contributed by atoms with Crippen LogP contribution in [0.25, 0.3) is 12.2 Å². The summed E-state index contributed by atoms with van der Waals surface area (Å²) in [6, 6.07) is 1.89. The van der Waals surface area contributed by atoms with E-state index in [0.717, 1.165) is 12.2 Å². The molecule has 0 saturated carbocycles. The van der Waals surface area contributed by atoms with Crippen LogP contribution >= 0.6 is 0 Å². The van der Waals surface area contributed by atoms with Crippen LogP contribution in [0.1, 0.15) is 18.4 Å². The summed E-state index contributed by atoms with van der Waals surface area (Å²) in [5.41, 5.74) is 0.659. The zero-order valence-electron chi connectivity index (χ0n) is 10.3. The number of aromatic amines is 1. The topological polar surface area (TPSA) is 72.8 Å². The summed E-state index contributed by atoms with van der Waals surface area (Å²) in [7, 11) is 1.43. The van der Waals surface area contributed by atoms with E-state index in [9.17, 15) is 4.79 Å². The molecule has 2 aromatic rings. The zero-order valence-corrected chi connectivity index (χ0v) is 10.3. The number of ether oxygens (including phenoxy) is 1. The first-order valence-electron chi connectivity index (χ1n) is 5.57. The van der Waals surface area contributed by atoms with Crippen molar-refractivity contribution in [1.29, 1.82) is 0 Å². The predicted octanol–water partition coefficient (Wildman–Crippen LogP) is 1.17. The monoisotopic (exact) mass is 246 g/mol. The van der Waals surface area contributed by atoms with Gasteiger partial charge in [-0.25, -0.2) is 4.98 Å². The number of H-pyrrole nitrogens is 1. The summed E-state index contributed by atoms with van der Waals surface area (Å²) < 4.78 is 6.69. The van der Waals surface area contributed by atoms with E-state index in [4.69, 9.17) is 4.74 Å². The Morgan fingerprint density at radius 1 is 1.50 bits per heavy atom. The van der Waals surface area contributed by atoms with Crippen LogP contribution in [0.3, 0.4) is 0 Å². The number of aromatic nitrogens is 4. The number of rotatable bonds is 4. The van der Waals surface area contributed by atoms with E-state index in [1.807, 2.05) is 23.7 Å². The summed E-state index contributed by atoms with van der Waals surface area (Å²) in [5.74, 6) is 0.676. The van der Waals surface area contributed by atoms with E-state index in [-0.39, 0.29) is 11.3 Å². The van der Waals surface area contributed by atoms with Crippen LogP contribution in [0.15, 0.2) is 23.3 Å². The van der Waals surface area contributed by atoms with E-state index in [1.54, 1.807) is 12.3 Å². The molecule has 0 aliphatic heterocycles. The van der Waals surface area contributed by atoms with Gasteiger partial charge < -0.3 is 9.72 Å². The molecule has 0 amide bonds. The van der Waals surface area contributed by atoms with Gasteiger partial charge in [-0.3, -0.25) is 9.48 Å². The fourth-order valence-corrected chi connectivity index (χ4v) is 1.54. The molecule has 0 bridgehead atoms. The molecular weight excluding hydrogens is 232 g/mol. The zero-order chi connectivity index (χ0) is 13.0. The Balaban J connectivity index is 2.24. The summed E-state index contributed by atoms with van der Waals surface area (Å²) in [6.07, 6.45) is 6.70. The van der Waals surface area contributed by atoms with Gasteiger partial charge in [0.1, 0.15) is 5.82 Å². The van der Waals surface area contributed by atoms with Crippen LogP contribution < -0.4 is 10.3 Å². The number of hydrogen-bond acceptors (Lipinski definition) is 4. The molecule has 0 aliphatic carbocycles. The van der Waals surface area contributed by atoms with Crippen LogP contribution in [0.2, 0.25) is 0 Å². The first kappa shape index (κ1) is 12.1. The second-order valence-corrected chi connectivity index (χ2v) is 3.57. The highest BCUT2D eigenvalue weighted by Gasteiger charge is 2.00. The van der Waals surface area contributed by atoms with Crippen LogP contribution in [0.4, 0.5) is 0 Å². The predicted molar refractivity (Wildman–Crippen MR) is 68.2 cm³/mol. The maximum atomic E-state index is 11.5. The Labute approximate surface area is 104 Å². The van der Waals surface area contributed by atoms with Crippen LogP contribution in [-0.2, 0) is 6.54 Å². The lowest BCUT2D eigenvalue weighted by atomic mass is 10.3. The molecule has 0 atom stereocenters. The molecular formula is C12H14N4O2. The number of hydrogen-bond donors (Lipinski definition) is 1. The highest BCUT2D eigenvalue weighted by molar-refractivity contribution is 5.64. The normalized spacial score (nSPS) is 11.0. The third-order valence-electron chi connectivity index (χ3n) is 2.47. The molecule has 94 valence electrons. The Morgan fingerprint density at radius 2 is 2.33 bits per heavy atom. The molecule has 18 heavy (non-hydrogen) atoms. The minimum Gasteiger partial charge on any atom is -0.490 e. The third kappa shape index (κ3) is 2.48. The Kier molecular flexibility index (Phi) is 3.57. The van der Waals surface area contributed by atoms with Crippen LogP contribution in [0, 0.1) is 0 Å².